The third kappa shape index (κ3) is 5.34. The van der Waals surface area contributed by atoms with Crippen molar-refractivity contribution >= 4 is 17.5 Å². The van der Waals surface area contributed by atoms with Crippen molar-refractivity contribution in [3.05, 3.63) is 58.9 Å². The lowest BCUT2D eigenvalue weighted by Crippen LogP contribution is -2.38. The lowest BCUT2D eigenvalue weighted by Gasteiger charge is -2.17. The molecule has 0 saturated carbocycles. The molecule has 2 rings (SSSR count). The van der Waals surface area contributed by atoms with E-state index >= 15 is 0 Å². The number of hydrogen-bond donors (Lipinski definition) is 2. The summed E-state index contributed by atoms with van der Waals surface area (Å²) < 4.78 is 13.2. The molecule has 5 heteroatoms. The minimum absolute atomic E-state index is 0.0770. The van der Waals surface area contributed by atoms with Gasteiger partial charge < -0.3 is 11.1 Å². The molecule has 122 valence electrons. The fraction of sp³-hybridized carbons (Fsp3) is 0.278. The van der Waals surface area contributed by atoms with Crippen molar-refractivity contribution in [1.82, 2.24) is 5.32 Å². The van der Waals surface area contributed by atoms with Gasteiger partial charge in [0.25, 0.3) is 0 Å². The second-order valence-corrected chi connectivity index (χ2v) is 6.68. The Labute approximate surface area is 140 Å². The van der Waals surface area contributed by atoms with Gasteiger partial charge in [0.15, 0.2) is 0 Å². The van der Waals surface area contributed by atoms with Crippen LogP contribution >= 0.6 is 11.6 Å². The van der Waals surface area contributed by atoms with Crippen LogP contribution in [0.1, 0.15) is 25.8 Å². The first-order valence-electron chi connectivity index (χ1n) is 7.34. The lowest BCUT2D eigenvalue weighted by molar-refractivity contribution is -0.122. The van der Waals surface area contributed by atoms with E-state index in [-0.39, 0.29) is 17.4 Å². The number of nitrogens with two attached hydrogens (primary N) is 1. The van der Waals surface area contributed by atoms with E-state index in [0.717, 1.165) is 16.7 Å². The van der Waals surface area contributed by atoms with Gasteiger partial charge in [-0.25, -0.2) is 4.39 Å². The standard InChI is InChI=1S/C18H20ClFN2O/c1-18(2,21)10-17(23)22-11-12-3-5-13(6-4-12)14-7-8-16(20)15(19)9-14/h3-9H,10-11,21H2,1-2H3,(H,22,23). The van der Waals surface area contributed by atoms with Gasteiger partial charge in [-0.2, -0.15) is 0 Å². The quantitative estimate of drug-likeness (QED) is 0.871. The highest BCUT2D eigenvalue weighted by molar-refractivity contribution is 6.31. The third-order valence-corrected chi connectivity index (χ3v) is 3.60. The number of carbonyl (C=O) groups excluding carboxylic acids is 1. The van der Waals surface area contributed by atoms with E-state index in [1.807, 2.05) is 38.1 Å². The van der Waals surface area contributed by atoms with E-state index in [0.29, 0.717) is 6.54 Å². The van der Waals surface area contributed by atoms with E-state index < -0.39 is 11.4 Å². The Morgan fingerprint density at radius 1 is 1.17 bits per heavy atom. The van der Waals surface area contributed by atoms with Crippen molar-refractivity contribution in [2.45, 2.75) is 32.4 Å². The summed E-state index contributed by atoms with van der Waals surface area (Å²) in [5, 5.41) is 2.94. The Kier molecular flexibility index (Phi) is 5.39. The van der Waals surface area contributed by atoms with Crippen molar-refractivity contribution in [3.63, 3.8) is 0 Å². The second kappa shape index (κ2) is 7.11. The highest BCUT2D eigenvalue weighted by Gasteiger charge is 2.15. The van der Waals surface area contributed by atoms with Gasteiger partial charge in [0.2, 0.25) is 5.91 Å². The monoisotopic (exact) mass is 334 g/mol. The van der Waals surface area contributed by atoms with Crippen LogP contribution in [0.3, 0.4) is 0 Å². The number of halogens is 2. The smallest absolute Gasteiger partial charge is 0.222 e. The molecule has 0 aliphatic heterocycles. The minimum Gasteiger partial charge on any atom is -0.352 e. The second-order valence-electron chi connectivity index (χ2n) is 6.27. The summed E-state index contributed by atoms with van der Waals surface area (Å²) in [6.07, 6.45) is 0.277. The molecule has 0 fully saturated rings. The lowest BCUT2D eigenvalue weighted by atomic mass is 10.0. The van der Waals surface area contributed by atoms with Gasteiger partial charge in [-0.15, -0.1) is 0 Å². The third-order valence-electron chi connectivity index (χ3n) is 3.31. The van der Waals surface area contributed by atoms with E-state index in [4.69, 9.17) is 17.3 Å². The molecule has 3 nitrogen and oxygen atoms in total. The zero-order valence-electron chi connectivity index (χ0n) is 13.2. The topological polar surface area (TPSA) is 55.1 Å². The summed E-state index contributed by atoms with van der Waals surface area (Å²) in [6.45, 7) is 4.07. The first kappa shape index (κ1) is 17.4. The molecule has 0 unspecified atom stereocenters. The molecule has 0 saturated heterocycles. The maximum absolute atomic E-state index is 13.2. The maximum Gasteiger partial charge on any atom is 0.222 e. The van der Waals surface area contributed by atoms with Crippen LogP contribution < -0.4 is 11.1 Å². The van der Waals surface area contributed by atoms with E-state index in [1.165, 1.54) is 6.07 Å². The predicted octanol–water partition coefficient (Wildman–Crippen LogP) is 3.89. The van der Waals surface area contributed by atoms with Crippen molar-refractivity contribution in [2.75, 3.05) is 0 Å². The Hall–Kier alpha value is -1.91. The SMILES string of the molecule is CC(C)(N)CC(=O)NCc1ccc(-c2ccc(F)c(Cl)c2)cc1. The van der Waals surface area contributed by atoms with Crippen LogP contribution in [0.5, 0.6) is 0 Å². The zero-order chi connectivity index (χ0) is 17.0. The highest BCUT2D eigenvalue weighted by atomic mass is 35.5. The van der Waals surface area contributed by atoms with Crippen LogP contribution in [0.2, 0.25) is 5.02 Å². The summed E-state index contributed by atoms with van der Waals surface area (Å²) in [5.74, 6) is -0.510. The van der Waals surface area contributed by atoms with Gasteiger partial charge in [-0.1, -0.05) is 41.9 Å². The Morgan fingerprint density at radius 3 is 2.35 bits per heavy atom. The van der Waals surface area contributed by atoms with E-state index in [2.05, 4.69) is 5.32 Å². The fourth-order valence-corrected chi connectivity index (χ4v) is 2.35. The molecule has 23 heavy (non-hydrogen) atoms. The number of hydrogen-bond acceptors (Lipinski definition) is 2. The molecule has 0 aromatic heterocycles. The van der Waals surface area contributed by atoms with Crippen LogP contribution in [0.25, 0.3) is 11.1 Å². The van der Waals surface area contributed by atoms with Crippen LogP contribution in [0.15, 0.2) is 42.5 Å². The van der Waals surface area contributed by atoms with Crippen LogP contribution in [0.4, 0.5) is 4.39 Å². The van der Waals surface area contributed by atoms with E-state index in [9.17, 15) is 9.18 Å². The average molecular weight is 335 g/mol. The molecule has 0 radical (unpaired) electrons. The largest absolute Gasteiger partial charge is 0.352 e. The molecule has 0 bridgehead atoms. The number of benzene rings is 2. The molecule has 0 spiro atoms. The molecular weight excluding hydrogens is 315 g/mol. The Morgan fingerprint density at radius 2 is 1.78 bits per heavy atom. The fourth-order valence-electron chi connectivity index (χ4n) is 2.17. The number of amides is 1. The summed E-state index contributed by atoms with van der Waals surface area (Å²) in [4.78, 5) is 11.7. The molecular formula is C18H20ClFN2O. The number of nitrogens with one attached hydrogen (secondary N) is 1. The predicted molar refractivity (Wildman–Crippen MR) is 91.6 cm³/mol. The van der Waals surface area contributed by atoms with Gasteiger partial charge >= 0.3 is 0 Å². The summed E-state index contributed by atoms with van der Waals surface area (Å²) in [7, 11) is 0. The van der Waals surface area contributed by atoms with E-state index in [1.54, 1.807) is 12.1 Å². The normalized spacial score (nSPS) is 11.3. The summed E-state index contributed by atoms with van der Waals surface area (Å²) in [6, 6.07) is 12.3. The van der Waals surface area contributed by atoms with Gasteiger partial charge in [0.1, 0.15) is 5.82 Å². The molecule has 3 N–H and O–H groups in total. The first-order chi connectivity index (χ1) is 10.7. The number of carbonyl (C=O) groups is 1. The van der Waals surface area contributed by atoms with Crippen LogP contribution in [-0.2, 0) is 11.3 Å². The Balaban J connectivity index is 1.99. The molecule has 0 heterocycles. The minimum atomic E-state index is -0.518. The molecule has 2 aromatic rings. The summed E-state index contributed by atoms with van der Waals surface area (Å²) >= 11 is 5.80. The van der Waals surface area contributed by atoms with Crippen molar-refractivity contribution in [3.8, 4) is 11.1 Å². The molecule has 0 atom stereocenters. The number of rotatable bonds is 5. The summed E-state index contributed by atoms with van der Waals surface area (Å²) in [5.41, 5.74) is 8.05. The molecule has 0 aliphatic carbocycles. The maximum atomic E-state index is 13.2. The van der Waals surface area contributed by atoms with Gasteiger partial charge in [-0.3, -0.25) is 4.79 Å². The highest BCUT2D eigenvalue weighted by Crippen LogP contribution is 2.25. The van der Waals surface area contributed by atoms with Gasteiger partial charge in [0, 0.05) is 18.5 Å². The molecule has 2 aromatic carbocycles. The van der Waals surface area contributed by atoms with Crippen molar-refractivity contribution in [2.24, 2.45) is 5.73 Å². The molecule has 0 aliphatic rings. The Bertz CT molecular complexity index is 693. The van der Waals surface area contributed by atoms with Crippen LogP contribution in [0, 0.1) is 5.82 Å². The van der Waals surface area contributed by atoms with Crippen molar-refractivity contribution < 1.29 is 9.18 Å². The van der Waals surface area contributed by atoms with Gasteiger partial charge in [-0.05, 0) is 42.7 Å². The van der Waals surface area contributed by atoms with Gasteiger partial charge in [0.05, 0.1) is 5.02 Å². The average Bonchev–Trinajstić information content (AvgIpc) is 2.47. The van der Waals surface area contributed by atoms with Crippen LogP contribution in [-0.4, -0.2) is 11.4 Å². The molecule has 1 amide bonds. The first-order valence-corrected chi connectivity index (χ1v) is 7.72. The van der Waals surface area contributed by atoms with Crippen molar-refractivity contribution in [1.29, 1.82) is 0 Å². The zero-order valence-corrected chi connectivity index (χ0v) is 14.0.